The molecule has 1 aromatic carbocycles. The van der Waals surface area contributed by atoms with Crippen LogP contribution in [0, 0.1) is 0 Å². The van der Waals surface area contributed by atoms with Gasteiger partial charge < -0.3 is 14.5 Å². The summed E-state index contributed by atoms with van der Waals surface area (Å²) in [7, 11) is -0.924. The lowest BCUT2D eigenvalue weighted by Gasteiger charge is -2.35. The van der Waals surface area contributed by atoms with Crippen molar-refractivity contribution in [2.75, 3.05) is 32.5 Å². The molecule has 0 saturated carbocycles. The number of carbonyl (C=O) groups excluding carboxylic acids is 1. The molecule has 2 heterocycles. The van der Waals surface area contributed by atoms with Crippen LogP contribution in [0.1, 0.15) is 30.0 Å². The Morgan fingerprint density at radius 1 is 1.14 bits per heavy atom. The highest BCUT2D eigenvalue weighted by Gasteiger charge is 2.25. The number of benzene rings is 1. The highest BCUT2D eigenvalue weighted by atomic mass is 32.2. The molecule has 158 valence electrons. The van der Waals surface area contributed by atoms with Gasteiger partial charge >= 0.3 is 0 Å². The van der Waals surface area contributed by atoms with E-state index in [1.54, 1.807) is 0 Å². The first-order valence-electron chi connectivity index (χ1n) is 9.46. The average Bonchev–Trinajstić information content (AvgIpc) is 3.13. The number of morpholine rings is 1. The quantitative estimate of drug-likeness (QED) is 0.770. The molecule has 1 aliphatic heterocycles. The first-order valence-corrected chi connectivity index (χ1v) is 10.9. The zero-order chi connectivity index (χ0) is 21.2. The van der Waals surface area contributed by atoms with Crippen LogP contribution in [-0.4, -0.2) is 62.9 Å². The summed E-state index contributed by atoms with van der Waals surface area (Å²) in [5, 5.41) is 2.57. The molecule has 1 fully saturated rings. The summed E-state index contributed by atoms with van der Waals surface area (Å²) >= 11 is 0. The molecule has 29 heavy (non-hydrogen) atoms. The van der Waals surface area contributed by atoms with Gasteiger partial charge in [0.15, 0.2) is 5.76 Å². The van der Waals surface area contributed by atoms with Gasteiger partial charge in [-0.05, 0) is 37.6 Å². The topological polar surface area (TPSA) is 92.1 Å². The minimum Gasteiger partial charge on any atom is -0.438 e. The second-order valence-electron chi connectivity index (χ2n) is 7.47. The van der Waals surface area contributed by atoms with Crippen LogP contribution in [0.4, 0.5) is 5.69 Å². The van der Waals surface area contributed by atoms with Crippen molar-refractivity contribution >= 4 is 21.6 Å². The molecule has 0 spiro atoms. The SMILES string of the molecule is C[C@H]1CN(Cc2ccccc2NC(=O)c2ccc(S(=O)(=O)N(C)C)o2)C[C@H](C)O1. The number of furan rings is 1. The maximum absolute atomic E-state index is 12.6. The summed E-state index contributed by atoms with van der Waals surface area (Å²) in [6.07, 6.45) is 0.307. The first kappa shape index (κ1) is 21.5. The number of amides is 1. The Bertz CT molecular complexity index is 960. The monoisotopic (exact) mass is 421 g/mol. The molecule has 2 atom stereocenters. The van der Waals surface area contributed by atoms with Crippen LogP contribution >= 0.6 is 0 Å². The summed E-state index contributed by atoms with van der Waals surface area (Å²) in [6, 6.07) is 10.2. The Labute approximate surface area is 171 Å². The molecule has 0 aliphatic carbocycles. The molecule has 2 aromatic rings. The molecule has 0 bridgehead atoms. The number of carbonyl (C=O) groups is 1. The third-order valence-corrected chi connectivity index (χ3v) is 6.38. The minimum absolute atomic E-state index is 0.0613. The standard InChI is InChI=1S/C20H27N3O5S/c1-14-11-23(12-15(2)27-14)13-16-7-5-6-8-17(16)21-20(24)18-9-10-19(28-18)29(25,26)22(3)4/h5-10,14-15H,11-13H2,1-4H3,(H,21,24)/t14-,15-/m0/s1. The summed E-state index contributed by atoms with van der Waals surface area (Å²) in [4.78, 5) is 14.9. The van der Waals surface area contributed by atoms with Crippen LogP contribution in [-0.2, 0) is 21.3 Å². The summed E-state index contributed by atoms with van der Waals surface area (Å²) in [6.45, 7) is 6.40. The van der Waals surface area contributed by atoms with E-state index in [0.29, 0.717) is 12.2 Å². The van der Waals surface area contributed by atoms with Gasteiger partial charge in [-0.3, -0.25) is 9.69 Å². The molecule has 1 amide bonds. The lowest BCUT2D eigenvalue weighted by molar-refractivity contribution is -0.0704. The molecule has 0 unspecified atom stereocenters. The Morgan fingerprint density at radius 2 is 1.79 bits per heavy atom. The van der Waals surface area contributed by atoms with E-state index in [4.69, 9.17) is 9.15 Å². The number of para-hydroxylation sites is 1. The number of ether oxygens (including phenoxy) is 1. The van der Waals surface area contributed by atoms with Crippen LogP contribution in [0.15, 0.2) is 45.9 Å². The van der Waals surface area contributed by atoms with Crippen molar-refractivity contribution < 1.29 is 22.4 Å². The van der Waals surface area contributed by atoms with Gasteiger partial charge in [-0.25, -0.2) is 12.7 Å². The molecule has 0 radical (unpaired) electrons. The van der Waals surface area contributed by atoms with E-state index in [1.165, 1.54) is 26.2 Å². The summed E-state index contributed by atoms with van der Waals surface area (Å²) in [5.74, 6) is -0.560. The van der Waals surface area contributed by atoms with Gasteiger partial charge in [-0.2, -0.15) is 0 Å². The lowest BCUT2D eigenvalue weighted by Crippen LogP contribution is -2.44. The maximum atomic E-state index is 12.6. The third-order valence-electron chi connectivity index (χ3n) is 4.69. The number of hydrogen-bond donors (Lipinski definition) is 1. The molecular weight excluding hydrogens is 394 g/mol. The van der Waals surface area contributed by atoms with Crippen molar-refractivity contribution in [3.05, 3.63) is 47.7 Å². The Balaban J connectivity index is 1.74. The van der Waals surface area contributed by atoms with E-state index in [2.05, 4.69) is 10.2 Å². The van der Waals surface area contributed by atoms with Gasteiger partial charge in [0.2, 0.25) is 5.09 Å². The van der Waals surface area contributed by atoms with Crippen molar-refractivity contribution in [2.24, 2.45) is 0 Å². The smallest absolute Gasteiger partial charge is 0.291 e. The lowest BCUT2D eigenvalue weighted by atomic mass is 10.1. The Morgan fingerprint density at radius 3 is 2.45 bits per heavy atom. The number of nitrogens with one attached hydrogen (secondary N) is 1. The molecule has 8 nitrogen and oxygen atoms in total. The summed E-state index contributed by atoms with van der Waals surface area (Å²) in [5.41, 5.74) is 1.63. The molecule has 1 aromatic heterocycles. The van der Waals surface area contributed by atoms with E-state index in [0.717, 1.165) is 23.0 Å². The average molecular weight is 422 g/mol. The van der Waals surface area contributed by atoms with Crippen LogP contribution in [0.5, 0.6) is 0 Å². The van der Waals surface area contributed by atoms with Crippen molar-refractivity contribution in [3.8, 4) is 0 Å². The third kappa shape index (κ3) is 5.05. The number of hydrogen-bond acceptors (Lipinski definition) is 6. The van der Waals surface area contributed by atoms with Crippen LogP contribution in [0.25, 0.3) is 0 Å². The normalized spacial score (nSPS) is 20.7. The fourth-order valence-electron chi connectivity index (χ4n) is 3.38. The number of nitrogens with zero attached hydrogens (tertiary/aromatic N) is 2. The second-order valence-corrected chi connectivity index (χ2v) is 9.55. The molecule has 1 N–H and O–H groups in total. The van der Waals surface area contributed by atoms with Crippen LogP contribution in [0.3, 0.4) is 0 Å². The highest BCUT2D eigenvalue weighted by molar-refractivity contribution is 7.88. The van der Waals surface area contributed by atoms with Crippen LogP contribution < -0.4 is 5.32 Å². The van der Waals surface area contributed by atoms with Crippen molar-refractivity contribution in [1.29, 1.82) is 0 Å². The predicted molar refractivity (Wildman–Crippen MR) is 109 cm³/mol. The minimum atomic E-state index is -3.73. The molecule has 1 aliphatic rings. The van der Waals surface area contributed by atoms with Crippen LogP contribution in [0.2, 0.25) is 0 Å². The van der Waals surface area contributed by atoms with Crippen molar-refractivity contribution in [3.63, 3.8) is 0 Å². The number of rotatable bonds is 6. The molecule has 1 saturated heterocycles. The van der Waals surface area contributed by atoms with Gasteiger partial charge in [-0.1, -0.05) is 18.2 Å². The van der Waals surface area contributed by atoms with Gasteiger partial charge in [0.05, 0.1) is 12.2 Å². The summed E-state index contributed by atoms with van der Waals surface area (Å²) < 4.78 is 36.4. The Kier molecular flexibility index (Phi) is 6.42. The van der Waals surface area contributed by atoms with E-state index >= 15 is 0 Å². The van der Waals surface area contributed by atoms with Gasteiger partial charge in [0, 0.05) is 39.4 Å². The van der Waals surface area contributed by atoms with Crippen molar-refractivity contribution in [1.82, 2.24) is 9.21 Å². The number of anilines is 1. The molecule has 3 rings (SSSR count). The van der Waals surface area contributed by atoms with Gasteiger partial charge in [0.1, 0.15) is 0 Å². The number of sulfonamides is 1. The van der Waals surface area contributed by atoms with Crippen molar-refractivity contribution in [2.45, 2.75) is 37.7 Å². The fourth-order valence-corrected chi connectivity index (χ4v) is 4.17. The largest absolute Gasteiger partial charge is 0.438 e. The van der Waals surface area contributed by atoms with Gasteiger partial charge in [0.25, 0.3) is 15.9 Å². The van der Waals surface area contributed by atoms with E-state index < -0.39 is 15.9 Å². The van der Waals surface area contributed by atoms with Gasteiger partial charge in [-0.15, -0.1) is 0 Å². The second kappa shape index (κ2) is 8.66. The maximum Gasteiger partial charge on any atom is 0.291 e. The van der Waals surface area contributed by atoms with E-state index in [1.807, 2.05) is 38.1 Å². The first-order chi connectivity index (χ1) is 13.7. The highest BCUT2D eigenvalue weighted by Crippen LogP contribution is 2.22. The fraction of sp³-hybridized carbons (Fsp3) is 0.450. The molecule has 9 heteroatoms. The van der Waals surface area contributed by atoms with E-state index in [-0.39, 0.29) is 23.1 Å². The van der Waals surface area contributed by atoms with E-state index in [9.17, 15) is 13.2 Å². The molecular formula is C20H27N3O5S. The Hall–Kier alpha value is -2.20. The zero-order valence-electron chi connectivity index (χ0n) is 17.1. The predicted octanol–water partition coefficient (Wildman–Crippen LogP) is 2.39. The zero-order valence-corrected chi connectivity index (χ0v) is 17.9.